The monoisotopic (exact) mass is 166 g/mol. The molecule has 0 spiro atoms. The minimum absolute atomic E-state index is 0.266. The lowest BCUT2D eigenvalue weighted by Crippen LogP contribution is -2.26. The molecule has 3 nitrogen and oxygen atoms in total. The maximum absolute atomic E-state index is 11.1. The van der Waals surface area contributed by atoms with Crippen molar-refractivity contribution in [1.29, 1.82) is 0 Å². The first-order valence-corrected chi connectivity index (χ1v) is 3.86. The number of rotatable bonds is 2. The van der Waals surface area contributed by atoms with Crippen molar-refractivity contribution in [2.75, 3.05) is 6.61 Å². The van der Waals surface area contributed by atoms with Gasteiger partial charge in [-0.1, -0.05) is 0 Å². The van der Waals surface area contributed by atoms with E-state index in [0.717, 1.165) is 0 Å². The van der Waals surface area contributed by atoms with Crippen molar-refractivity contribution in [3.05, 3.63) is 30.1 Å². The standard InChI is InChI=1S/C9H12NO2/c1-3-12-9(11)8-4-6-10(2)7-5-8/h4-7H,3H2,1-2H3/q+1. The number of carbonyl (C=O) groups is 1. The van der Waals surface area contributed by atoms with Crippen molar-refractivity contribution in [3.63, 3.8) is 0 Å². The molecular weight excluding hydrogens is 154 g/mol. The van der Waals surface area contributed by atoms with Crippen LogP contribution in [0.3, 0.4) is 0 Å². The predicted molar refractivity (Wildman–Crippen MR) is 43.6 cm³/mol. The summed E-state index contributed by atoms with van der Waals surface area (Å²) in [5, 5.41) is 0. The van der Waals surface area contributed by atoms with Gasteiger partial charge < -0.3 is 4.74 Å². The molecule has 0 N–H and O–H groups in total. The average Bonchev–Trinajstić information content (AvgIpc) is 2.06. The Morgan fingerprint density at radius 3 is 2.58 bits per heavy atom. The number of esters is 1. The lowest BCUT2D eigenvalue weighted by Gasteiger charge is -1.98. The fraction of sp³-hybridized carbons (Fsp3) is 0.333. The van der Waals surface area contributed by atoms with E-state index in [1.807, 2.05) is 24.0 Å². The van der Waals surface area contributed by atoms with Crippen LogP contribution in [0.25, 0.3) is 0 Å². The third-order valence-electron chi connectivity index (χ3n) is 1.49. The molecule has 0 atom stereocenters. The average molecular weight is 166 g/mol. The number of aryl methyl sites for hydroxylation is 1. The van der Waals surface area contributed by atoms with Crippen LogP contribution in [0.4, 0.5) is 0 Å². The first-order valence-electron chi connectivity index (χ1n) is 3.86. The maximum Gasteiger partial charge on any atom is 0.338 e. The van der Waals surface area contributed by atoms with Crippen LogP contribution in [0.1, 0.15) is 17.3 Å². The van der Waals surface area contributed by atoms with Gasteiger partial charge in [0.25, 0.3) is 0 Å². The number of carbonyl (C=O) groups excluding carboxylic acids is 1. The first kappa shape index (κ1) is 8.71. The summed E-state index contributed by atoms with van der Waals surface area (Å²) >= 11 is 0. The van der Waals surface area contributed by atoms with E-state index in [1.165, 1.54) is 0 Å². The molecule has 0 saturated heterocycles. The van der Waals surface area contributed by atoms with Crippen LogP contribution < -0.4 is 4.57 Å². The maximum atomic E-state index is 11.1. The van der Waals surface area contributed by atoms with Crippen molar-refractivity contribution in [1.82, 2.24) is 0 Å². The second-order valence-corrected chi connectivity index (χ2v) is 2.47. The second-order valence-electron chi connectivity index (χ2n) is 2.47. The Bertz CT molecular complexity index is 266. The Morgan fingerprint density at radius 2 is 2.08 bits per heavy atom. The summed E-state index contributed by atoms with van der Waals surface area (Å²) < 4.78 is 6.68. The van der Waals surface area contributed by atoms with E-state index in [0.29, 0.717) is 12.2 Å². The zero-order valence-electron chi connectivity index (χ0n) is 7.28. The van der Waals surface area contributed by atoms with E-state index in [1.54, 1.807) is 19.1 Å². The number of ether oxygens (including phenoxy) is 1. The van der Waals surface area contributed by atoms with Crippen LogP contribution in [-0.4, -0.2) is 12.6 Å². The van der Waals surface area contributed by atoms with E-state index in [4.69, 9.17) is 4.74 Å². The quantitative estimate of drug-likeness (QED) is 0.478. The normalized spacial score (nSPS) is 9.50. The fourth-order valence-electron chi connectivity index (χ4n) is 0.851. The van der Waals surface area contributed by atoms with Gasteiger partial charge in [0.1, 0.15) is 7.05 Å². The van der Waals surface area contributed by atoms with Gasteiger partial charge in [-0.15, -0.1) is 0 Å². The Hall–Kier alpha value is -1.38. The Kier molecular flexibility index (Phi) is 2.80. The summed E-state index contributed by atoms with van der Waals surface area (Å²) in [4.78, 5) is 11.1. The van der Waals surface area contributed by atoms with Crippen LogP contribution in [0.15, 0.2) is 24.5 Å². The van der Waals surface area contributed by atoms with Gasteiger partial charge in [-0.05, 0) is 6.92 Å². The van der Waals surface area contributed by atoms with Crippen molar-refractivity contribution in [2.45, 2.75) is 6.92 Å². The van der Waals surface area contributed by atoms with Gasteiger partial charge in [-0.25, -0.2) is 9.36 Å². The van der Waals surface area contributed by atoms with Gasteiger partial charge in [0, 0.05) is 12.1 Å². The van der Waals surface area contributed by atoms with Crippen LogP contribution in [-0.2, 0) is 11.8 Å². The molecule has 1 heterocycles. The Morgan fingerprint density at radius 1 is 1.50 bits per heavy atom. The van der Waals surface area contributed by atoms with Crippen LogP contribution in [0, 0.1) is 0 Å². The minimum atomic E-state index is -0.266. The van der Waals surface area contributed by atoms with Gasteiger partial charge in [0.15, 0.2) is 12.4 Å². The van der Waals surface area contributed by atoms with Gasteiger partial charge in [0.05, 0.1) is 12.2 Å². The first-order chi connectivity index (χ1) is 5.74. The third-order valence-corrected chi connectivity index (χ3v) is 1.49. The minimum Gasteiger partial charge on any atom is -0.462 e. The van der Waals surface area contributed by atoms with E-state index in [2.05, 4.69) is 0 Å². The summed E-state index contributed by atoms with van der Waals surface area (Å²) in [7, 11) is 1.90. The van der Waals surface area contributed by atoms with E-state index < -0.39 is 0 Å². The smallest absolute Gasteiger partial charge is 0.338 e. The van der Waals surface area contributed by atoms with Crippen molar-refractivity contribution < 1.29 is 14.1 Å². The van der Waals surface area contributed by atoms with E-state index >= 15 is 0 Å². The topological polar surface area (TPSA) is 30.2 Å². The fourth-order valence-corrected chi connectivity index (χ4v) is 0.851. The summed E-state index contributed by atoms with van der Waals surface area (Å²) in [5.74, 6) is -0.266. The van der Waals surface area contributed by atoms with Crippen molar-refractivity contribution in [2.24, 2.45) is 7.05 Å². The molecule has 0 aliphatic rings. The molecule has 1 rings (SSSR count). The zero-order chi connectivity index (χ0) is 8.97. The lowest BCUT2D eigenvalue weighted by atomic mass is 10.3. The van der Waals surface area contributed by atoms with Crippen molar-refractivity contribution >= 4 is 5.97 Å². The molecule has 0 aliphatic carbocycles. The summed E-state index contributed by atoms with van der Waals surface area (Å²) in [6.07, 6.45) is 3.62. The third kappa shape index (κ3) is 2.05. The Balaban J connectivity index is 2.75. The number of hydrogen-bond donors (Lipinski definition) is 0. The number of nitrogens with zero attached hydrogens (tertiary/aromatic N) is 1. The largest absolute Gasteiger partial charge is 0.462 e. The molecule has 0 unspecified atom stereocenters. The molecule has 12 heavy (non-hydrogen) atoms. The highest BCUT2D eigenvalue weighted by molar-refractivity contribution is 5.88. The van der Waals surface area contributed by atoms with E-state index in [9.17, 15) is 4.79 Å². The molecule has 0 amide bonds. The number of hydrogen-bond acceptors (Lipinski definition) is 2. The van der Waals surface area contributed by atoms with Gasteiger partial charge in [-0.2, -0.15) is 0 Å². The molecular formula is C9H12NO2+. The van der Waals surface area contributed by atoms with Gasteiger partial charge in [0.2, 0.25) is 0 Å². The predicted octanol–water partition coefficient (Wildman–Crippen LogP) is 0.688. The van der Waals surface area contributed by atoms with Crippen molar-refractivity contribution in [3.8, 4) is 0 Å². The highest BCUT2D eigenvalue weighted by atomic mass is 16.5. The highest BCUT2D eigenvalue weighted by Gasteiger charge is 2.06. The number of pyridine rings is 1. The summed E-state index contributed by atoms with van der Waals surface area (Å²) in [5.41, 5.74) is 0.593. The molecule has 3 heteroatoms. The molecule has 64 valence electrons. The molecule has 0 bridgehead atoms. The van der Waals surface area contributed by atoms with Gasteiger partial charge in [-0.3, -0.25) is 0 Å². The summed E-state index contributed by atoms with van der Waals surface area (Å²) in [6, 6.07) is 3.47. The molecule has 0 aliphatic heterocycles. The molecule has 0 fully saturated rings. The molecule has 0 aromatic carbocycles. The van der Waals surface area contributed by atoms with Gasteiger partial charge >= 0.3 is 5.97 Å². The van der Waals surface area contributed by atoms with Crippen LogP contribution in [0.2, 0.25) is 0 Å². The lowest BCUT2D eigenvalue weighted by molar-refractivity contribution is -0.671. The molecule has 1 aromatic rings. The summed E-state index contributed by atoms with van der Waals surface area (Å²) in [6.45, 7) is 2.21. The number of aromatic nitrogens is 1. The molecule has 0 radical (unpaired) electrons. The Labute approximate surface area is 71.6 Å². The SMILES string of the molecule is CCOC(=O)c1cc[n+](C)cc1. The molecule has 1 aromatic heterocycles. The van der Waals surface area contributed by atoms with E-state index in [-0.39, 0.29) is 5.97 Å². The van der Waals surface area contributed by atoms with Crippen LogP contribution >= 0.6 is 0 Å². The zero-order valence-corrected chi connectivity index (χ0v) is 7.28. The highest BCUT2D eigenvalue weighted by Crippen LogP contribution is 1.97. The van der Waals surface area contributed by atoms with Crippen LogP contribution in [0.5, 0.6) is 0 Å². The second kappa shape index (κ2) is 3.85. The molecule has 0 saturated carbocycles.